The molecule has 1 unspecified atom stereocenters. The lowest BCUT2D eigenvalue weighted by molar-refractivity contribution is 0.128. The van der Waals surface area contributed by atoms with E-state index in [9.17, 15) is 0 Å². The highest BCUT2D eigenvalue weighted by atomic mass is 16.6. The summed E-state index contributed by atoms with van der Waals surface area (Å²) in [6.45, 7) is 0.588. The van der Waals surface area contributed by atoms with Crippen molar-refractivity contribution >= 4 is 12.6 Å². The molecule has 0 spiro atoms. The van der Waals surface area contributed by atoms with Crippen molar-refractivity contribution in [2.24, 2.45) is 0 Å². The molecule has 0 N–H and O–H groups in total. The predicted molar refractivity (Wildman–Crippen MR) is 99.3 cm³/mol. The zero-order chi connectivity index (χ0) is 16.9. The molecule has 3 nitrogen and oxygen atoms in total. The van der Waals surface area contributed by atoms with E-state index in [0.717, 1.165) is 28.9 Å². The Hall–Kier alpha value is -2.72. The first-order valence-corrected chi connectivity index (χ1v) is 8.54. The van der Waals surface area contributed by atoms with Gasteiger partial charge in [0.25, 0.3) is 0 Å². The molecule has 4 rings (SSSR count). The van der Waals surface area contributed by atoms with Crippen LogP contribution in [0, 0.1) is 0 Å². The summed E-state index contributed by atoms with van der Waals surface area (Å²) in [6, 6.07) is 27.9. The van der Waals surface area contributed by atoms with Crippen LogP contribution >= 0.6 is 0 Å². The predicted octanol–water partition coefficient (Wildman–Crippen LogP) is 4.00. The number of benzene rings is 3. The van der Waals surface area contributed by atoms with Gasteiger partial charge in [0.1, 0.15) is 11.5 Å². The average molecular weight is 330 g/mol. The maximum Gasteiger partial charge on any atom is 0.563 e. The standard InChI is InChI=1S/C21H19BO3/c1-3-9-17(10-4-1)22-24-20-14-8-7-13-19(20)21(25-22)15-16-23-18-11-5-2-6-12-18/h1-14,21H,15-16H2. The number of hydrogen-bond acceptors (Lipinski definition) is 3. The van der Waals surface area contributed by atoms with Crippen molar-refractivity contribution in [3.8, 4) is 11.5 Å². The van der Waals surface area contributed by atoms with Crippen LogP contribution in [0.1, 0.15) is 18.1 Å². The van der Waals surface area contributed by atoms with E-state index in [-0.39, 0.29) is 6.10 Å². The van der Waals surface area contributed by atoms with Crippen molar-refractivity contribution in [2.45, 2.75) is 12.5 Å². The normalized spacial score (nSPS) is 16.0. The highest BCUT2D eigenvalue weighted by Gasteiger charge is 2.34. The third-order valence-corrected chi connectivity index (χ3v) is 4.25. The van der Waals surface area contributed by atoms with Gasteiger partial charge in [0.15, 0.2) is 0 Å². The summed E-state index contributed by atoms with van der Waals surface area (Å²) in [7, 11) is -0.391. The van der Waals surface area contributed by atoms with Gasteiger partial charge in [-0.25, -0.2) is 0 Å². The average Bonchev–Trinajstić information content (AvgIpc) is 2.69. The summed E-state index contributed by atoms with van der Waals surface area (Å²) in [4.78, 5) is 0. The quantitative estimate of drug-likeness (QED) is 0.662. The Labute approximate surface area is 148 Å². The van der Waals surface area contributed by atoms with Crippen molar-refractivity contribution in [3.63, 3.8) is 0 Å². The number of fused-ring (bicyclic) bond motifs is 1. The van der Waals surface area contributed by atoms with Crippen molar-refractivity contribution in [1.82, 2.24) is 0 Å². The van der Waals surface area contributed by atoms with Crippen LogP contribution in [0.5, 0.6) is 11.5 Å². The van der Waals surface area contributed by atoms with E-state index in [1.54, 1.807) is 0 Å². The summed E-state index contributed by atoms with van der Waals surface area (Å²) in [5.41, 5.74) is 2.09. The molecular weight excluding hydrogens is 311 g/mol. The number of ether oxygens (including phenoxy) is 1. The molecule has 0 aromatic heterocycles. The fraction of sp³-hybridized carbons (Fsp3) is 0.143. The molecule has 1 aliphatic rings. The van der Waals surface area contributed by atoms with E-state index >= 15 is 0 Å². The first kappa shape index (κ1) is 15.8. The highest BCUT2D eigenvalue weighted by molar-refractivity contribution is 6.62. The molecule has 0 amide bonds. The molecule has 0 aliphatic carbocycles. The second-order valence-electron chi connectivity index (χ2n) is 5.97. The van der Waals surface area contributed by atoms with Crippen LogP contribution in [0.15, 0.2) is 84.9 Å². The topological polar surface area (TPSA) is 27.7 Å². The zero-order valence-corrected chi connectivity index (χ0v) is 13.9. The molecule has 3 aromatic carbocycles. The fourth-order valence-electron chi connectivity index (χ4n) is 3.00. The summed E-state index contributed by atoms with van der Waals surface area (Å²) < 4.78 is 18.1. The minimum atomic E-state index is -0.391. The first-order chi connectivity index (χ1) is 12.4. The van der Waals surface area contributed by atoms with E-state index in [1.807, 2.05) is 78.9 Å². The van der Waals surface area contributed by atoms with Crippen LogP contribution in [-0.2, 0) is 4.65 Å². The molecule has 4 heteroatoms. The van der Waals surface area contributed by atoms with Crippen LogP contribution in [-0.4, -0.2) is 13.7 Å². The van der Waals surface area contributed by atoms with Gasteiger partial charge in [-0.3, -0.25) is 0 Å². The van der Waals surface area contributed by atoms with Crippen molar-refractivity contribution in [2.75, 3.05) is 6.61 Å². The van der Waals surface area contributed by atoms with Crippen molar-refractivity contribution < 1.29 is 14.0 Å². The summed E-state index contributed by atoms with van der Waals surface area (Å²) in [5.74, 6) is 1.76. The van der Waals surface area contributed by atoms with Crippen LogP contribution in [0.25, 0.3) is 0 Å². The molecule has 3 aromatic rings. The van der Waals surface area contributed by atoms with Crippen molar-refractivity contribution in [1.29, 1.82) is 0 Å². The molecular formula is C21H19BO3. The largest absolute Gasteiger partial charge is 0.563 e. The van der Waals surface area contributed by atoms with Gasteiger partial charge in [-0.15, -0.1) is 0 Å². The van der Waals surface area contributed by atoms with Gasteiger partial charge in [-0.2, -0.15) is 0 Å². The third kappa shape index (κ3) is 3.70. The Morgan fingerprint density at radius 1 is 0.800 bits per heavy atom. The molecule has 1 aliphatic heterocycles. The first-order valence-electron chi connectivity index (χ1n) is 8.54. The minimum Gasteiger partial charge on any atom is -0.532 e. The molecule has 0 fully saturated rings. The van der Waals surface area contributed by atoms with Gasteiger partial charge >= 0.3 is 7.12 Å². The van der Waals surface area contributed by atoms with E-state index < -0.39 is 7.12 Å². The van der Waals surface area contributed by atoms with E-state index in [0.29, 0.717) is 6.61 Å². The second kappa shape index (κ2) is 7.45. The molecule has 0 saturated heterocycles. The van der Waals surface area contributed by atoms with Gasteiger partial charge in [0.2, 0.25) is 0 Å². The molecule has 1 heterocycles. The Morgan fingerprint density at radius 2 is 1.48 bits per heavy atom. The molecule has 25 heavy (non-hydrogen) atoms. The van der Waals surface area contributed by atoms with Gasteiger partial charge in [0, 0.05) is 12.0 Å². The highest BCUT2D eigenvalue weighted by Crippen LogP contribution is 2.35. The molecule has 124 valence electrons. The second-order valence-corrected chi connectivity index (χ2v) is 5.97. The Bertz CT molecular complexity index is 808. The lowest BCUT2D eigenvalue weighted by atomic mass is 9.76. The van der Waals surface area contributed by atoms with Crippen LogP contribution < -0.4 is 14.9 Å². The fourth-order valence-corrected chi connectivity index (χ4v) is 3.00. The Morgan fingerprint density at radius 3 is 2.28 bits per heavy atom. The number of hydrogen-bond donors (Lipinski definition) is 0. The van der Waals surface area contributed by atoms with Crippen LogP contribution in [0.3, 0.4) is 0 Å². The monoisotopic (exact) mass is 330 g/mol. The van der Waals surface area contributed by atoms with E-state index in [1.165, 1.54) is 0 Å². The number of rotatable bonds is 5. The third-order valence-electron chi connectivity index (χ3n) is 4.25. The number of para-hydroxylation sites is 2. The summed E-state index contributed by atoms with van der Waals surface area (Å²) in [5, 5.41) is 0. The lowest BCUT2D eigenvalue weighted by Crippen LogP contribution is -2.43. The maximum absolute atomic E-state index is 6.23. The van der Waals surface area contributed by atoms with E-state index in [4.69, 9.17) is 14.0 Å². The van der Waals surface area contributed by atoms with E-state index in [2.05, 4.69) is 6.07 Å². The smallest absolute Gasteiger partial charge is 0.532 e. The Balaban J connectivity index is 1.49. The van der Waals surface area contributed by atoms with Gasteiger partial charge in [-0.05, 0) is 23.7 Å². The lowest BCUT2D eigenvalue weighted by Gasteiger charge is -2.31. The molecule has 0 radical (unpaired) electrons. The molecule has 0 bridgehead atoms. The maximum atomic E-state index is 6.23. The van der Waals surface area contributed by atoms with Gasteiger partial charge in [-0.1, -0.05) is 66.7 Å². The van der Waals surface area contributed by atoms with Gasteiger partial charge in [0.05, 0.1) is 12.7 Å². The van der Waals surface area contributed by atoms with Crippen molar-refractivity contribution in [3.05, 3.63) is 90.5 Å². The minimum absolute atomic E-state index is 0.0566. The summed E-state index contributed by atoms with van der Waals surface area (Å²) >= 11 is 0. The van der Waals surface area contributed by atoms with Gasteiger partial charge < -0.3 is 14.0 Å². The van der Waals surface area contributed by atoms with Crippen LogP contribution in [0.4, 0.5) is 0 Å². The molecule has 1 atom stereocenters. The Kier molecular flexibility index (Phi) is 4.71. The SMILES string of the molecule is c1ccc(OCCC2OB(c3ccccc3)Oc3ccccc32)cc1. The zero-order valence-electron chi connectivity index (χ0n) is 13.9. The summed E-state index contributed by atoms with van der Waals surface area (Å²) in [6.07, 6.45) is 0.706. The molecule has 0 saturated carbocycles. The van der Waals surface area contributed by atoms with Crippen LogP contribution in [0.2, 0.25) is 0 Å².